The molecular formula is C17H25N3O2. The fraction of sp³-hybridized carbons (Fsp3) is 0.529. The van der Waals surface area contributed by atoms with E-state index in [1.165, 1.54) is 0 Å². The van der Waals surface area contributed by atoms with Gasteiger partial charge in [0, 0.05) is 32.2 Å². The van der Waals surface area contributed by atoms with E-state index in [0.717, 1.165) is 29.7 Å². The molecule has 5 nitrogen and oxygen atoms in total. The molecule has 1 aromatic heterocycles. The summed E-state index contributed by atoms with van der Waals surface area (Å²) in [7, 11) is 2.00. The summed E-state index contributed by atoms with van der Waals surface area (Å²) in [4.78, 5) is 16.7. The minimum Gasteiger partial charge on any atom is -0.379 e. The number of nitrogens with zero attached hydrogens (tertiary/aromatic N) is 2. The zero-order valence-electron chi connectivity index (χ0n) is 13.8. The summed E-state index contributed by atoms with van der Waals surface area (Å²) in [5.41, 5.74) is 2.58. The van der Waals surface area contributed by atoms with Crippen LogP contribution in [0.1, 0.15) is 43.4 Å². The summed E-state index contributed by atoms with van der Waals surface area (Å²) < 4.78 is 7.52. The van der Waals surface area contributed by atoms with E-state index in [-0.39, 0.29) is 12.0 Å². The molecule has 0 bridgehead atoms. The Morgan fingerprint density at radius 2 is 2.18 bits per heavy atom. The van der Waals surface area contributed by atoms with E-state index >= 15 is 0 Å². The Hall–Kier alpha value is -1.88. The molecule has 0 spiro atoms. The van der Waals surface area contributed by atoms with Crippen LogP contribution in [-0.4, -0.2) is 34.7 Å². The molecule has 0 saturated carbocycles. The van der Waals surface area contributed by atoms with Crippen LogP contribution in [0.3, 0.4) is 0 Å². The van der Waals surface area contributed by atoms with E-state index in [1.54, 1.807) is 0 Å². The highest BCUT2D eigenvalue weighted by Gasteiger charge is 2.10. The summed E-state index contributed by atoms with van der Waals surface area (Å²) in [5, 5.41) is 2.92. The number of carbonyl (C=O) groups is 1. The van der Waals surface area contributed by atoms with Gasteiger partial charge in [-0.3, -0.25) is 4.79 Å². The molecule has 22 heavy (non-hydrogen) atoms. The number of nitrogens with one attached hydrogen (secondary N) is 1. The normalized spacial score (nSPS) is 11.3. The van der Waals surface area contributed by atoms with Crippen molar-refractivity contribution in [1.29, 1.82) is 0 Å². The van der Waals surface area contributed by atoms with Crippen LogP contribution >= 0.6 is 0 Å². The highest BCUT2D eigenvalue weighted by atomic mass is 16.5. The Morgan fingerprint density at radius 1 is 1.41 bits per heavy atom. The molecule has 0 aliphatic carbocycles. The molecule has 0 fully saturated rings. The minimum atomic E-state index is -0.0600. The molecule has 1 N–H and O–H groups in total. The van der Waals surface area contributed by atoms with Crippen LogP contribution in [0.15, 0.2) is 18.2 Å². The lowest BCUT2D eigenvalue weighted by Gasteiger charge is -2.08. The summed E-state index contributed by atoms with van der Waals surface area (Å²) in [5.74, 6) is 0.966. The van der Waals surface area contributed by atoms with Crippen molar-refractivity contribution in [2.24, 2.45) is 7.05 Å². The van der Waals surface area contributed by atoms with Gasteiger partial charge in [-0.2, -0.15) is 0 Å². The Balaban J connectivity index is 1.97. The van der Waals surface area contributed by atoms with Crippen molar-refractivity contribution in [1.82, 2.24) is 14.9 Å². The van der Waals surface area contributed by atoms with Crippen LogP contribution in [-0.2, 0) is 18.2 Å². The number of rotatable bonds is 7. The molecular weight excluding hydrogens is 278 g/mol. The topological polar surface area (TPSA) is 56.1 Å². The number of hydrogen-bond acceptors (Lipinski definition) is 3. The first-order valence-electron chi connectivity index (χ1n) is 7.88. The average molecular weight is 303 g/mol. The van der Waals surface area contributed by atoms with E-state index in [2.05, 4.69) is 21.8 Å². The number of aromatic nitrogens is 2. The highest BCUT2D eigenvalue weighted by Crippen LogP contribution is 2.17. The maximum Gasteiger partial charge on any atom is 0.251 e. The number of carbonyl (C=O) groups excluding carboxylic acids is 1. The summed E-state index contributed by atoms with van der Waals surface area (Å²) in [6.45, 7) is 7.37. The molecule has 120 valence electrons. The van der Waals surface area contributed by atoms with E-state index in [1.807, 2.05) is 39.1 Å². The van der Waals surface area contributed by atoms with Gasteiger partial charge in [0.1, 0.15) is 5.82 Å². The quantitative estimate of drug-likeness (QED) is 0.800. The Labute approximate surface area is 131 Å². The van der Waals surface area contributed by atoms with Crippen LogP contribution in [0.25, 0.3) is 11.0 Å². The van der Waals surface area contributed by atoms with Gasteiger partial charge in [-0.1, -0.05) is 6.92 Å². The van der Waals surface area contributed by atoms with Gasteiger partial charge in [0.2, 0.25) is 0 Å². The van der Waals surface area contributed by atoms with Crippen molar-refractivity contribution in [2.45, 2.75) is 39.7 Å². The molecule has 0 aliphatic rings. The van der Waals surface area contributed by atoms with Gasteiger partial charge in [0.05, 0.1) is 17.1 Å². The zero-order valence-corrected chi connectivity index (χ0v) is 13.8. The number of aryl methyl sites for hydroxylation is 2. The Morgan fingerprint density at radius 3 is 2.86 bits per heavy atom. The lowest BCUT2D eigenvalue weighted by atomic mass is 10.2. The predicted octanol–water partition coefficient (Wildman–Crippen LogP) is 2.68. The first-order valence-corrected chi connectivity index (χ1v) is 7.88. The maximum absolute atomic E-state index is 12.2. The second kappa shape index (κ2) is 7.40. The second-order valence-corrected chi connectivity index (χ2v) is 5.67. The standard InChI is InChI=1S/C17H25N3O2/c1-5-16-19-14-11-13(7-8-15(14)20(16)4)17(21)18-9-6-10-22-12(2)3/h7-8,11-12H,5-6,9-10H2,1-4H3,(H,18,21). The SMILES string of the molecule is CCc1nc2cc(C(=O)NCCCOC(C)C)ccc2n1C. The number of amides is 1. The summed E-state index contributed by atoms with van der Waals surface area (Å²) in [6.07, 6.45) is 1.92. The van der Waals surface area contributed by atoms with Gasteiger partial charge in [0.25, 0.3) is 5.91 Å². The molecule has 2 rings (SSSR count). The van der Waals surface area contributed by atoms with Crippen molar-refractivity contribution in [3.05, 3.63) is 29.6 Å². The van der Waals surface area contributed by atoms with Crippen molar-refractivity contribution in [2.75, 3.05) is 13.2 Å². The monoisotopic (exact) mass is 303 g/mol. The third-order valence-electron chi connectivity index (χ3n) is 3.61. The van der Waals surface area contributed by atoms with Crippen LogP contribution < -0.4 is 5.32 Å². The fourth-order valence-electron chi connectivity index (χ4n) is 2.40. The molecule has 2 aromatic rings. The molecule has 1 amide bonds. The molecule has 0 unspecified atom stereocenters. The van der Waals surface area contributed by atoms with Gasteiger partial charge in [-0.15, -0.1) is 0 Å². The third-order valence-corrected chi connectivity index (χ3v) is 3.61. The minimum absolute atomic E-state index is 0.0600. The van der Waals surface area contributed by atoms with Crippen LogP contribution in [0, 0.1) is 0 Å². The second-order valence-electron chi connectivity index (χ2n) is 5.67. The molecule has 0 atom stereocenters. The van der Waals surface area contributed by atoms with Gasteiger partial charge in [0.15, 0.2) is 0 Å². The first kappa shape index (κ1) is 16.5. The van der Waals surface area contributed by atoms with Crippen LogP contribution in [0.2, 0.25) is 0 Å². The highest BCUT2D eigenvalue weighted by molar-refractivity contribution is 5.97. The first-order chi connectivity index (χ1) is 10.5. The van der Waals surface area contributed by atoms with Gasteiger partial charge >= 0.3 is 0 Å². The van der Waals surface area contributed by atoms with Crippen molar-refractivity contribution < 1.29 is 9.53 Å². The Kier molecular flexibility index (Phi) is 5.55. The number of hydrogen-bond donors (Lipinski definition) is 1. The molecule has 5 heteroatoms. The lowest BCUT2D eigenvalue weighted by molar-refractivity contribution is 0.0757. The van der Waals surface area contributed by atoms with Crippen LogP contribution in [0.4, 0.5) is 0 Å². The van der Waals surface area contributed by atoms with Crippen LogP contribution in [0.5, 0.6) is 0 Å². The number of imidazole rings is 1. The van der Waals surface area contributed by atoms with E-state index in [0.29, 0.717) is 18.7 Å². The molecule has 1 heterocycles. The average Bonchev–Trinajstić information content (AvgIpc) is 2.82. The van der Waals surface area contributed by atoms with E-state index in [4.69, 9.17) is 4.74 Å². The lowest BCUT2D eigenvalue weighted by Crippen LogP contribution is -2.25. The zero-order chi connectivity index (χ0) is 16.1. The summed E-state index contributed by atoms with van der Waals surface area (Å²) >= 11 is 0. The molecule has 0 aliphatic heterocycles. The predicted molar refractivity (Wildman–Crippen MR) is 88.1 cm³/mol. The Bertz CT molecular complexity index is 647. The largest absolute Gasteiger partial charge is 0.379 e. The molecule has 0 radical (unpaired) electrons. The third kappa shape index (κ3) is 3.85. The number of benzene rings is 1. The van der Waals surface area contributed by atoms with Gasteiger partial charge in [-0.25, -0.2) is 4.98 Å². The van der Waals surface area contributed by atoms with E-state index < -0.39 is 0 Å². The van der Waals surface area contributed by atoms with Crippen molar-refractivity contribution >= 4 is 16.9 Å². The number of ether oxygens (including phenoxy) is 1. The van der Waals surface area contributed by atoms with Gasteiger partial charge < -0.3 is 14.6 Å². The summed E-state index contributed by atoms with van der Waals surface area (Å²) in [6, 6.07) is 5.66. The maximum atomic E-state index is 12.2. The fourth-order valence-corrected chi connectivity index (χ4v) is 2.40. The number of fused-ring (bicyclic) bond motifs is 1. The van der Waals surface area contributed by atoms with E-state index in [9.17, 15) is 4.79 Å². The molecule has 0 saturated heterocycles. The molecule has 1 aromatic carbocycles. The smallest absolute Gasteiger partial charge is 0.251 e. The van der Waals surface area contributed by atoms with Crippen molar-refractivity contribution in [3.8, 4) is 0 Å². The van der Waals surface area contributed by atoms with Crippen molar-refractivity contribution in [3.63, 3.8) is 0 Å². The van der Waals surface area contributed by atoms with Gasteiger partial charge in [-0.05, 0) is 38.5 Å².